The van der Waals surface area contributed by atoms with Crippen LogP contribution in [0.1, 0.15) is 188 Å². The van der Waals surface area contributed by atoms with Crippen molar-refractivity contribution in [1.29, 1.82) is 0 Å². The number of carboxylic acids is 1. The third-order valence-electron chi connectivity index (χ3n) is 20.8. The average molecular weight is 1040 g/mol. The van der Waals surface area contributed by atoms with Crippen LogP contribution >= 0.6 is 0 Å². The zero-order valence-corrected chi connectivity index (χ0v) is 46.7. The second-order valence-electron chi connectivity index (χ2n) is 27.0. The Morgan fingerprint density at radius 3 is 1.22 bits per heavy atom. The van der Waals surface area contributed by atoms with Crippen LogP contribution in [0.3, 0.4) is 0 Å². The van der Waals surface area contributed by atoms with Crippen molar-refractivity contribution in [1.82, 2.24) is 19.6 Å². The highest BCUT2D eigenvalue weighted by Gasteiger charge is 2.49. The first-order chi connectivity index (χ1) is 36.8. The molecule has 8 bridgehead atoms. The van der Waals surface area contributed by atoms with E-state index in [1.54, 1.807) is 9.80 Å². The van der Waals surface area contributed by atoms with E-state index in [1.807, 2.05) is 26.8 Å². The van der Waals surface area contributed by atoms with E-state index in [0.29, 0.717) is 68.7 Å². The lowest BCUT2D eigenvalue weighted by molar-refractivity contribution is -0.163. The normalized spacial score (nSPS) is 35.4. The molecule has 6 aliphatic heterocycles. The molecule has 10 aliphatic rings. The van der Waals surface area contributed by atoms with Crippen molar-refractivity contribution in [2.45, 2.75) is 254 Å². The molecule has 4 aliphatic carbocycles. The molecule has 76 heavy (non-hydrogen) atoms. The number of likely N-dealkylation sites (tertiary alicyclic amines) is 2. The lowest BCUT2D eigenvalue weighted by Gasteiger charge is -2.56. The summed E-state index contributed by atoms with van der Waals surface area (Å²) in [5.41, 5.74) is 1.68. The highest BCUT2D eigenvalue weighted by Crippen LogP contribution is 2.49. The van der Waals surface area contributed by atoms with Crippen LogP contribution in [0.25, 0.3) is 0 Å². The van der Waals surface area contributed by atoms with Gasteiger partial charge < -0.3 is 29.4 Å². The van der Waals surface area contributed by atoms with E-state index >= 15 is 0 Å². The second kappa shape index (κ2) is 23.7. The minimum absolute atomic E-state index is 0.0311. The number of aliphatic carboxylic acids is 1. The lowest BCUT2D eigenvalue weighted by Crippen LogP contribution is -2.62. The van der Waals surface area contributed by atoms with E-state index in [0.717, 1.165) is 85.7 Å². The van der Waals surface area contributed by atoms with Gasteiger partial charge in [0.05, 0.1) is 13.1 Å². The summed E-state index contributed by atoms with van der Waals surface area (Å²) in [5, 5.41) is 9.64. The first-order valence-corrected chi connectivity index (χ1v) is 31.0. The van der Waals surface area contributed by atoms with Crippen LogP contribution in [-0.2, 0) is 23.9 Å². The lowest BCUT2D eigenvalue weighted by atomic mass is 9.68. The maximum atomic E-state index is 13.9. The molecule has 12 rings (SSSR count). The number of piperidine rings is 4. The molecule has 14 atom stereocenters. The molecule has 6 heterocycles. The maximum absolute atomic E-state index is 13.9. The van der Waals surface area contributed by atoms with E-state index in [1.165, 1.54) is 116 Å². The number of ether oxygens (including phenoxy) is 1. The van der Waals surface area contributed by atoms with Gasteiger partial charge in [-0.25, -0.2) is 9.59 Å². The minimum atomic E-state index is -0.868. The van der Waals surface area contributed by atoms with Gasteiger partial charge in [0.25, 0.3) is 0 Å². The molecule has 416 valence electrons. The van der Waals surface area contributed by atoms with Crippen LogP contribution in [-0.4, -0.2) is 141 Å². The van der Waals surface area contributed by atoms with E-state index in [2.05, 4.69) is 74.2 Å². The van der Waals surface area contributed by atoms with Crippen molar-refractivity contribution < 1.29 is 29.0 Å². The number of carbonyl (C=O) groups is 4. The van der Waals surface area contributed by atoms with Crippen molar-refractivity contribution in [3.63, 3.8) is 0 Å². The highest BCUT2D eigenvalue weighted by atomic mass is 16.6. The summed E-state index contributed by atoms with van der Waals surface area (Å²) in [6, 6.07) is 24.5. The van der Waals surface area contributed by atoms with Gasteiger partial charge >= 0.3 is 11.9 Å². The Bertz CT molecular complexity index is 2240. The predicted octanol–water partition coefficient (Wildman–Crippen LogP) is 11.1. The molecular formula is C64H94N6O6. The Morgan fingerprint density at radius 2 is 0.842 bits per heavy atom. The van der Waals surface area contributed by atoms with E-state index in [4.69, 9.17) is 4.74 Å². The number of benzene rings is 2. The molecule has 12 nitrogen and oxygen atoms in total. The third-order valence-corrected chi connectivity index (χ3v) is 20.8. The van der Waals surface area contributed by atoms with Crippen molar-refractivity contribution in [3.05, 3.63) is 60.7 Å². The van der Waals surface area contributed by atoms with Gasteiger partial charge in [-0.05, 0) is 184 Å². The summed E-state index contributed by atoms with van der Waals surface area (Å²) < 4.78 is 5.70. The molecule has 2 aromatic carbocycles. The number of carbonyl (C=O) groups excluding carboxylic acids is 3. The Balaban J connectivity index is 0.000000163. The number of rotatable bonds is 12. The fourth-order valence-corrected chi connectivity index (χ4v) is 17.9. The number of hydrogen-bond donors (Lipinski definition) is 1. The largest absolute Gasteiger partial charge is 0.480 e. The average Bonchev–Trinajstić information content (AvgIpc) is 4.12. The van der Waals surface area contributed by atoms with Crippen molar-refractivity contribution in [2.75, 3.05) is 36.0 Å². The first-order valence-electron chi connectivity index (χ1n) is 31.0. The highest BCUT2D eigenvalue weighted by molar-refractivity contribution is 5.88. The molecule has 2 aromatic rings. The Hall–Kier alpha value is -4.16. The molecule has 10 fully saturated rings. The van der Waals surface area contributed by atoms with Gasteiger partial charge in [-0.15, -0.1) is 0 Å². The first kappa shape index (κ1) is 53.8. The molecule has 12 heteroatoms. The summed E-state index contributed by atoms with van der Waals surface area (Å²) in [5.74, 6) is 2.70. The van der Waals surface area contributed by atoms with Gasteiger partial charge in [0.2, 0.25) is 11.8 Å². The Morgan fingerprint density at radius 1 is 0.474 bits per heavy atom. The zero-order chi connectivity index (χ0) is 52.5. The number of anilines is 2. The predicted molar refractivity (Wildman–Crippen MR) is 300 cm³/mol. The number of fused-ring (bicyclic) bond motifs is 8. The van der Waals surface area contributed by atoms with Gasteiger partial charge in [0.15, 0.2) is 0 Å². The fraction of sp³-hybridized carbons (Fsp3) is 0.750. The molecule has 2 amide bonds. The number of para-hydroxylation sites is 2. The second-order valence-corrected chi connectivity index (χ2v) is 27.0. The molecule has 0 spiro atoms. The van der Waals surface area contributed by atoms with Gasteiger partial charge in [0, 0.05) is 72.8 Å². The van der Waals surface area contributed by atoms with E-state index in [9.17, 15) is 24.3 Å². The Kier molecular flexibility index (Phi) is 16.8. The molecule has 4 unspecified atom stereocenters. The van der Waals surface area contributed by atoms with Crippen LogP contribution in [0, 0.1) is 23.7 Å². The molecule has 1 N–H and O–H groups in total. The minimum Gasteiger partial charge on any atom is -0.480 e. The zero-order valence-electron chi connectivity index (χ0n) is 46.7. The Labute approximate surface area is 456 Å². The van der Waals surface area contributed by atoms with E-state index < -0.39 is 23.7 Å². The van der Waals surface area contributed by atoms with Gasteiger partial charge in [-0.2, -0.15) is 0 Å². The number of nitrogens with zero attached hydrogens (tertiary/aromatic N) is 6. The van der Waals surface area contributed by atoms with Gasteiger partial charge in [-0.1, -0.05) is 87.8 Å². The van der Waals surface area contributed by atoms with Crippen molar-refractivity contribution in [3.8, 4) is 0 Å². The van der Waals surface area contributed by atoms with Crippen LogP contribution in [0.2, 0.25) is 0 Å². The monoisotopic (exact) mass is 1040 g/mol. The molecule has 6 saturated heterocycles. The van der Waals surface area contributed by atoms with Gasteiger partial charge in [0.1, 0.15) is 17.7 Å². The molecule has 0 radical (unpaired) electrons. The number of esters is 1. The summed E-state index contributed by atoms with van der Waals surface area (Å²) in [4.78, 5) is 66.2. The van der Waals surface area contributed by atoms with E-state index in [-0.39, 0.29) is 24.3 Å². The van der Waals surface area contributed by atoms with Crippen LogP contribution in [0.4, 0.5) is 11.4 Å². The number of hydrogen-bond acceptors (Lipinski definition) is 9. The summed E-state index contributed by atoms with van der Waals surface area (Å²) >= 11 is 0. The fourth-order valence-electron chi connectivity index (χ4n) is 17.9. The van der Waals surface area contributed by atoms with Crippen molar-refractivity contribution >= 4 is 35.1 Å². The van der Waals surface area contributed by atoms with Crippen molar-refractivity contribution in [2.24, 2.45) is 23.7 Å². The molecule has 0 aromatic heterocycles. The molecule has 4 saturated carbocycles. The SMILES string of the molecule is CC(C)(C)OC(=O)[C@@H]1CCCN1C(=O)CN(c1ccccc1)C1C[C@H]2CCC[C@@H](C1)N2C1C[C@H]2CCC[C@@H](C1)C2.O=C(O)[C@@H]1CCCN1C(=O)CN(c1ccccc1)C1C[C@H]2CCC[C@@H](C1)N2C1C[C@H]2CCC[C@@H](C1)C2. The summed E-state index contributed by atoms with van der Waals surface area (Å²) in [6.07, 6.45) is 32.5. The quantitative estimate of drug-likeness (QED) is 0.206. The number of amides is 2. The van der Waals surface area contributed by atoms with Gasteiger partial charge in [-0.3, -0.25) is 19.4 Å². The van der Waals surface area contributed by atoms with Crippen LogP contribution < -0.4 is 9.80 Å². The molecular weight excluding hydrogens is 949 g/mol. The third kappa shape index (κ3) is 12.2. The van der Waals surface area contributed by atoms with Crippen LogP contribution in [0.5, 0.6) is 0 Å². The van der Waals surface area contributed by atoms with Crippen LogP contribution in [0.15, 0.2) is 60.7 Å². The topological polar surface area (TPSA) is 117 Å². The maximum Gasteiger partial charge on any atom is 0.329 e. The summed E-state index contributed by atoms with van der Waals surface area (Å²) in [7, 11) is 0. The number of carboxylic acid groups (broad SMARTS) is 1. The standard InChI is InChI=1S/C34H51N3O3.C30H43N3O3/c1-34(2,3)40-33(39)31-16-9-17-35(31)32(38)23-36(26-12-5-4-6-13-26)29-21-27-14-8-15-28(22-29)37(27)30-19-24-10-7-11-25(18-24)20-30;34-29(31-14-6-13-28(31)30(35)36)20-32(23-9-2-1-3-10-23)26-18-24-11-5-12-25(19-26)33(24)27-16-21-7-4-8-22(15-21)17-27/h4-6,12-13,24-25,27-31H,7-11,14-23H2,1-3H3;1-3,9-10,21-22,24-28H,4-8,11-20H2,(H,35,36)/t24-,25+,27-,28+,29?,30?,31-;21-,22+,24-,25+,26?,27?,28-/m00/s1. The summed E-state index contributed by atoms with van der Waals surface area (Å²) in [6.45, 7) is 7.50. The smallest absolute Gasteiger partial charge is 0.329 e.